The first-order valence-corrected chi connectivity index (χ1v) is 5.57. The highest BCUT2D eigenvalue weighted by Crippen LogP contribution is 2.38. The van der Waals surface area contributed by atoms with Crippen LogP contribution in [0.5, 0.6) is 0 Å². The molecular weight excluding hydrogens is 253 g/mol. The van der Waals surface area contributed by atoms with Crippen LogP contribution in [0.1, 0.15) is 18.4 Å². The molecule has 94 valence electrons. The maximum Gasteiger partial charge on any atom is 0.418 e. The van der Waals surface area contributed by atoms with Gasteiger partial charge in [0.25, 0.3) is 0 Å². The maximum atomic E-state index is 12.7. The molecule has 0 spiro atoms. The molecule has 2 nitrogen and oxygen atoms in total. The molecule has 2 rings (SSSR count). The zero-order chi connectivity index (χ0) is 12.7. The van der Waals surface area contributed by atoms with Crippen LogP contribution in [-0.2, 0) is 6.18 Å². The van der Waals surface area contributed by atoms with E-state index < -0.39 is 11.7 Å². The predicted octanol–water partition coefficient (Wildman–Crippen LogP) is 3.26. The molecule has 0 atom stereocenters. The van der Waals surface area contributed by atoms with Crippen molar-refractivity contribution in [1.82, 2.24) is 0 Å². The van der Waals surface area contributed by atoms with Gasteiger partial charge in [0, 0.05) is 22.8 Å². The average Bonchev–Trinajstić information content (AvgIpc) is 2.94. The van der Waals surface area contributed by atoms with Crippen molar-refractivity contribution in [3.8, 4) is 0 Å². The number of halogens is 4. The van der Waals surface area contributed by atoms with Crippen molar-refractivity contribution in [3.63, 3.8) is 0 Å². The van der Waals surface area contributed by atoms with E-state index in [2.05, 4.69) is 5.32 Å². The molecule has 0 amide bonds. The van der Waals surface area contributed by atoms with E-state index >= 15 is 0 Å². The van der Waals surface area contributed by atoms with Crippen LogP contribution in [0.15, 0.2) is 18.2 Å². The van der Waals surface area contributed by atoms with Gasteiger partial charge in [0.2, 0.25) is 0 Å². The van der Waals surface area contributed by atoms with Crippen LogP contribution in [0, 0.1) is 0 Å². The monoisotopic (exact) mass is 264 g/mol. The smallest absolute Gasteiger partial charge is 0.383 e. The number of alkyl halides is 3. The van der Waals surface area contributed by atoms with Crippen molar-refractivity contribution in [2.75, 3.05) is 11.9 Å². The molecule has 1 aliphatic rings. The van der Waals surface area contributed by atoms with Gasteiger partial charge in [-0.1, -0.05) is 11.6 Å². The quantitative estimate of drug-likeness (QED) is 0.879. The average molecular weight is 265 g/mol. The van der Waals surface area contributed by atoms with Crippen molar-refractivity contribution in [2.45, 2.75) is 24.6 Å². The summed E-state index contributed by atoms with van der Waals surface area (Å²) in [4.78, 5) is 0. The molecular formula is C11H12ClF3N2. The van der Waals surface area contributed by atoms with Gasteiger partial charge >= 0.3 is 6.18 Å². The van der Waals surface area contributed by atoms with Gasteiger partial charge in [0.15, 0.2) is 0 Å². The Hall–Kier alpha value is -0.940. The summed E-state index contributed by atoms with van der Waals surface area (Å²) in [7, 11) is 0. The van der Waals surface area contributed by atoms with Crippen molar-refractivity contribution in [1.29, 1.82) is 0 Å². The summed E-state index contributed by atoms with van der Waals surface area (Å²) in [5, 5.41) is 2.81. The molecule has 0 radical (unpaired) electrons. The van der Waals surface area contributed by atoms with E-state index in [-0.39, 0.29) is 16.2 Å². The lowest BCUT2D eigenvalue weighted by Crippen LogP contribution is -2.31. The van der Waals surface area contributed by atoms with Gasteiger partial charge in [-0.2, -0.15) is 13.2 Å². The predicted molar refractivity (Wildman–Crippen MR) is 61.1 cm³/mol. The molecule has 0 bridgehead atoms. The Morgan fingerprint density at radius 1 is 1.35 bits per heavy atom. The first-order chi connectivity index (χ1) is 7.80. The summed E-state index contributed by atoms with van der Waals surface area (Å²) in [6.45, 7) is 0.345. The first-order valence-electron chi connectivity index (χ1n) is 5.20. The zero-order valence-electron chi connectivity index (χ0n) is 8.94. The summed E-state index contributed by atoms with van der Waals surface area (Å²) >= 11 is 5.57. The standard InChI is InChI=1S/C11H12ClF3N2/c12-7-1-2-9(8(5-7)11(13,14)15)17-6-10(16)3-4-10/h1-2,5,17H,3-4,6,16H2. The second-order valence-electron chi connectivity index (χ2n) is 4.40. The van der Waals surface area contributed by atoms with Crippen molar-refractivity contribution >= 4 is 17.3 Å². The molecule has 1 fully saturated rings. The molecule has 0 aliphatic heterocycles. The van der Waals surface area contributed by atoms with Gasteiger partial charge < -0.3 is 11.1 Å². The Balaban J connectivity index is 2.20. The van der Waals surface area contributed by atoms with Gasteiger partial charge in [-0.3, -0.25) is 0 Å². The fraction of sp³-hybridized carbons (Fsp3) is 0.455. The molecule has 0 aromatic heterocycles. The fourth-order valence-electron chi connectivity index (χ4n) is 1.51. The lowest BCUT2D eigenvalue weighted by molar-refractivity contribution is -0.136. The SMILES string of the molecule is NC1(CNc2ccc(Cl)cc2C(F)(F)F)CC1. The van der Waals surface area contributed by atoms with Crippen molar-refractivity contribution in [2.24, 2.45) is 5.73 Å². The number of nitrogens with two attached hydrogens (primary N) is 1. The molecule has 0 saturated heterocycles. The Bertz CT molecular complexity index is 427. The molecule has 6 heteroatoms. The number of nitrogens with one attached hydrogen (secondary N) is 1. The second kappa shape index (κ2) is 4.07. The van der Waals surface area contributed by atoms with E-state index in [1.165, 1.54) is 12.1 Å². The van der Waals surface area contributed by atoms with Gasteiger partial charge in [-0.15, -0.1) is 0 Å². The highest BCUT2D eigenvalue weighted by Gasteiger charge is 2.39. The maximum absolute atomic E-state index is 12.7. The molecule has 0 heterocycles. The van der Waals surface area contributed by atoms with Gasteiger partial charge in [0.05, 0.1) is 5.56 Å². The third-order valence-corrected chi connectivity index (χ3v) is 3.05. The Labute approximate surface area is 102 Å². The summed E-state index contributed by atoms with van der Waals surface area (Å²) in [6.07, 6.45) is -2.73. The lowest BCUT2D eigenvalue weighted by atomic mass is 10.1. The number of hydrogen-bond donors (Lipinski definition) is 2. The van der Waals surface area contributed by atoms with Gasteiger partial charge in [-0.25, -0.2) is 0 Å². The molecule has 1 saturated carbocycles. The summed E-state index contributed by atoms with van der Waals surface area (Å²) in [6, 6.07) is 3.67. The second-order valence-corrected chi connectivity index (χ2v) is 4.84. The van der Waals surface area contributed by atoms with E-state index in [1.54, 1.807) is 0 Å². The molecule has 0 unspecified atom stereocenters. The van der Waals surface area contributed by atoms with Crippen LogP contribution in [-0.4, -0.2) is 12.1 Å². The number of anilines is 1. The van der Waals surface area contributed by atoms with Crippen LogP contribution in [0.2, 0.25) is 5.02 Å². The molecule has 1 aliphatic carbocycles. The summed E-state index contributed by atoms with van der Waals surface area (Å²) in [5.74, 6) is 0. The van der Waals surface area contributed by atoms with Crippen LogP contribution >= 0.6 is 11.6 Å². The Morgan fingerprint density at radius 2 is 2.00 bits per heavy atom. The molecule has 3 N–H and O–H groups in total. The lowest BCUT2D eigenvalue weighted by Gasteiger charge is -2.17. The molecule has 1 aromatic rings. The number of rotatable bonds is 3. The molecule has 1 aromatic carbocycles. The van der Waals surface area contributed by atoms with E-state index in [9.17, 15) is 13.2 Å². The van der Waals surface area contributed by atoms with E-state index in [1.807, 2.05) is 0 Å². The van der Waals surface area contributed by atoms with Crippen LogP contribution < -0.4 is 11.1 Å². The van der Waals surface area contributed by atoms with Crippen LogP contribution in [0.3, 0.4) is 0 Å². The number of benzene rings is 1. The highest BCUT2D eigenvalue weighted by molar-refractivity contribution is 6.30. The normalized spacial score (nSPS) is 17.9. The van der Waals surface area contributed by atoms with Gasteiger partial charge in [-0.05, 0) is 31.0 Å². The third-order valence-electron chi connectivity index (χ3n) is 2.81. The third kappa shape index (κ3) is 3.04. The number of hydrogen-bond acceptors (Lipinski definition) is 2. The van der Waals surface area contributed by atoms with Crippen molar-refractivity contribution < 1.29 is 13.2 Å². The van der Waals surface area contributed by atoms with E-state index in [0.717, 1.165) is 18.9 Å². The highest BCUT2D eigenvalue weighted by atomic mass is 35.5. The van der Waals surface area contributed by atoms with E-state index in [0.29, 0.717) is 6.54 Å². The zero-order valence-corrected chi connectivity index (χ0v) is 9.70. The Morgan fingerprint density at radius 3 is 2.53 bits per heavy atom. The minimum Gasteiger partial charge on any atom is -0.383 e. The van der Waals surface area contributed by atoms with Crippen LogP contribution in [0.25, 0.3) is 0 Å². The largest absolute Gasteiger partial charge is 0.418 e. The molecule has 17 heavy (non-hydrogen) atoms. The van der Waals surface area contributed by atoms with Crippen LogP contribution in [0.4, 0.5) is 18.9 Å². The minimum absolute atomic E-state index is 0.0265. The van der Waals surface area contributed by atoms with Crippen molar-refractivity contribution in [3.05, 3.63) is 28.8 Å². The summed E-state index contributed by atoms with van der Waals surface area (Å²) in [5.41, 5.74) is 4.74. The Kier molecular flexibility index (Phi) is 2.99. The first kappa shape index (κ1) is 12.5. The van der Waals surface area contributed by atoms with Gasteiger partial charge in [0.1, 0.15) is 0 Å². The topological polar surface area (TPSA) is 38.0 Å². The summed E-state index contributed by atoms with van der Waals surface area (Å²) < 4.78 is 38.2. The minimum atomic E-state index is -4.42. The fourth-order valence-corrected chi connectivity index (χ4v) is 1.69. The van der Waals surface area contributed by atoms with E-state index in [4.69, 9.17) is 17.3 Å².